The molecule has 0 aliphatic rings. The van der Waals surface area contributed by atoms with E-state index in [-0.39, 0.29) is 0 Å². The first kappa shape index (κ1) is 13.9. The van der Waals surface area contributed by atoms with Crippen LogP contribution in [-0.4, -0.2) is 13.3 Å². The lowest BCUT2D eigenvalue weighted by Gasteiger charge is -2.05. The zero-order valence-electron chi connectivity index (χ0n) is 10.2. The van der Waals surface area contributed by atoms with Crippen molar-refractivity contribution in [2.45, 2.75) is 0 Å². The number of halogens is 2. The molecule has 0 fully saturated rings. The molecule has 0 saturated heterocycles. The monoisotopic (exact) mass is 338 g/mol. The normalized spacial score (nSPS) is 10.7. The van der Waals surface area contributed by atoms with E-state index in [1.54, 1.807) is 19.4 Å². The molecule has 5 heteroatoms. The highest BCUT2D eigenvalue weighted by Gasteiger charge is 2.00. The lowest BCUT2D eigenvalue weighted by molar-refractivity contribution is 0.414. The van der Waals surface area contributed by atoms with Crippen molar-refractivity contribution >= 4 is 39.4 Å². The van der Waals surface area contributed by atoms with Gasteiger partial charge in [-0.15, -0.1) is 0 Å². The van der Waals surface area contributed by atoms with Gasteiger partial charge in [0, 0.05) is 15.1 Å². The highest BCUT2D eigenvalue weighted by atomic mass is 79.9. The van der Waals surface area contributed by atoms with Gasteiger partial charge in [0.15, 0.2) is 0 Å². The van der Waals surface area contributed by atoms with E-state index >= 15 is 0 Å². The molecule has 0 unspecified atom stereocenters. The molecule has 0 atom stereocenters. The predicted octanol–water partition coefficient (Wildman–Crippen LogP) is 4.56. The number of hydrogen-bond acceptors (Lipinski definition) is 3. The molecule has 0 bridgehead atoms. The second kappa shape index (κ2) is 6.59. The highest BCUT2D eigenvalue weighted by Crippen LogP contribution is 2.21. The zero-order valence-corrected chi connectivity index (χ0v) is 12.6. The second-order valence-corrected chi connectivity index (χ2v) is 5.12. The van der Waals surface area contributed by atoms with E-state index < -0.39 is 0 Å². The minimum atomic E-state index is 0.667. The van der Waals surface area contributed by atoms with Crippen molar-refractivity contribution in [3.8, 4) is 5.75 Å². The Morgan fingerprint density at radius 3 is 2.84 bits per heavy atom. The van der Waals surface area contributed by atoms with Crippen LogP contribution in [0.5, 0.6) is 5.75 Å². The molecular weight excluding hydrogens is 328 g/mol. The Morgan fingerprint density at radius 2 is 2.11 bits per heavy atom. The first-order valence-electron chi connectivity index (χ1n) is 5.57. The van der Waals surface area contributed by atoms with Crippen LogP contribution < -0.4 is 10.2 Å². The van der Waals surface area contributed by atoms with Crippen LogP contribution in [0.15, 0.2) is 52.0 Å². The number of nitrogens with one attached hydrogen (secondary N) is 1. The van der Waals surface area contributed by atoms with E-state index in [1.807, 2.05) is 36.4 Å². The number of ether oxygens (including phenoxy) is 1. The Bertz CT molecular complexity index is 602. The van der Waals surface area contributed by atoms with Gasteiger partial charge in [0.1, 0.15) is 5.75 Å². The largest absolute Gasteiger partial charge is 0.496 e. The minimum absolute atomic E-state index is 0.667. The topological polar surface area (TPSA) is 33.6 Å². The Hall–Kier alpha value is -1.52. The summed E-state index contributed by atoms with van der Waals surface area (Å²) in [7, 11) is 1.63. The minimum Gasteiger partial charge on any atom is -0.496 e. The molecule has 0 aromatic heterocycles. The number of benzene rings is 2. The molecule has 0 amide bonds. The van der Waals surface area contributed by atoms with Crippen molar-refractivity contribution in [1.82, 2.24) is 0 Å². The third kappa shape index (κ3) is 3.98. The van der Waals surface area contributed by atoms with Crippen LogP contribution in [0.3, 0.4) is 0 Å². The maximum atomic E-state index is 5.89. The average Bonchev–Trinajstić information content (AvgIpc) is 2.39. The molecule has 98 valence electrons. The quantitative estimate of drug-likeness (QED) is 0.654. The molecule has 3 nitrogen and oxygen atoms in total. The third-order valence-electron chi connectivity index (χ3n) is 2.41. The highest BCUT2D eigenvalue weighted by molar-refractivity contribution is 9.10. The number of nitrogens with zero attached hydrogens (tertiary/aromatic N) is 1. The van der Waals surface area contributed by atoms with Gasteiger partial charge >= 0.3 is 0 Å². The van der Waals surface area contributed by atoms with Crippen molar-refractivity contribution in [3.63, 3.8) is 0 Å². The summed E-state index contributed by atoms with van der Waals surface area (Å²) >= 11 is 9.31. The molecule has 0 radical (unpaired) electrons. The Morgan fingerprint density at radius 1 is 1.26 bits per heavy atom. The first-order chi connectivity index (χ1) is 9.19. The lowest BCUT2D eigenvalue weighted by atomic mass is 10.2. The van der Waals surface area contributed by atoms with Crippen LogP contribution in [0.25, 0.3) is 0 Å². The van der Waals surface area contributed by atoms with E-state index in [4.69, 9.17) is 16.3 Å². The van der Waals surface area contributed by atoms with E-state index in [1.165, 1.54) is 0 Å². The van der Waals surface area contributed by atoms with Gasteiger partial charge in [0.25, 0.3) is 0 Å². The molecule has 1 N–H and O–H groups in total. The van der Waals surface area contributed by atoms with Crippen molar-refractivity contribution < 1.29 is 4.74 Å². The summed E-state index contributed by atoms with van der Waals surface area (Å²) in [5, 5.41) is 4.84. The second-order valence-electron chi connectivity index (χ2n) is 3.77. The van der Waals surface area contributed by atoms with Gasteiger partial charge in [-0.05, 0) is 36.4 Å². The van der Waals surface area contributed by atoms with E-state index in [0.717, 1.165) is 21.5 Å². The van der Waals surface area contributed by atoms with Crippen molar-refractivity contribution in [3.05, 3.63) is 57.5 Å². The van der Waals surface area contributed by atoms with Crippen LogP contribution in [0.2, 0.25) is 5.02 Å². The number of anilines is 1. The van der Waals surface area contributed by atoms with Crippen LogP contribution in [0.4, 0.5) is 5.69 Å². The van der Waals surface area contributed by atoms with E-state index in [9.17, 15) is 0 Å². The fourth-order valence-corrected chi connectivity index (χ4v) is 2.11. The maximum Gasteiger partial charge on any atom is 0.127 e. The standard InChI is InChI=1S/C14H12BrClN2O/c1-19-14-6-5-11(15)7-10(14)9-17-18-13-4-2-3-12(16)8-13/h2-9,18H,1H3/b17-9+. The molecule has 19 heavy (non-hydrogen) atoms. The van der Waals surface area contributed by atoms with Gasteiger partial charge in [-0.2, -0.15) is 5.10 Å². The molecule has 0 aliphatic heterocycles. The van der Waals surface area contributed by atoms with Crippen molar-refractivity contribution in [1.29, 1.82) is 0 Å². The first-order valence-corrected chi connectivity index (χ1v) is 6.74. The zero-order chi connectivity index (χ0) is 13.7. The van der Waals surface area contributed by atoms with Crippen molar-refractivity contribution in [2.75, 3.05) is 12.5 Å². The van der Waals surface area contributed by atoms with Gasteiger partial charge in [0.05, 0.1) is 19.0 Å². The smallest absolute Gasteiger partial charge is 0.127 e. The Kier molecular flexibility index (Phi) is 4.82. The van der Waals surface area contributed by atoms with E-state index in [0.29, 0.717) is 5.02 Å². The molecular formula is C14H12BrClN2O. The van der Waals surface area contributed by atoms with Gasteiger partial charge < -0.3 is 4.74 Å². The fourth-order valence-electron chi connectivity index (χ4n) is 1.54. The number of hydrazone groups is 1. The van der Waals surface area contributed by atoms with Gasteiger partial charge in [-0.25, -0.2) is 0 Å². The molecule has 0 spiro atoms. The van der Waals surface area contributed by atoms with Crippen LogP contribution >= 0.6 is 27.5 Å². The summed E-state index contributed by atoms with van der Waals surface area (Å²) in [6, 6.07) is 13.1. The third-order valence-corrected chi connectivity index (χ3v) is 3.14. The fraction of sp³-hybridized carbons (Fsp3) is 0.0714. The van der Waals surface area contributed by atoms with Gasteiger partial charge in [-0.1, -0.05) is 33.6 Å². The number of methoxy groups -OCH3 is 1. The summed E-state index contributed by atoms with van der Waals surface area (Å²) in [6.07, 6.45) is 1.70. The molecule has 0 aliphatic carbocycles. The summed E-state index contributed by atoms with van der Waals surface area (Å²) in [5.74, 6) is 0.764. The van der Waals surface area contributed by atoms with Crippen LogP contribution in [0.1, 0.15) is 5.56 Å². The number of rotatable bonds is 4. The molecule has 0 saturated carbocycles. The summed E-state index contributed by atoms with van der Waals surface area (Å²) in [5.41, 5.74) is 4.63. The van der Waals surface area contributed by atoms with Crippen LogP contribution in [0, 0.1) is 0 Å². The van der Waals surface area contributed by atoms with Gasteiger partial charge in [-0.3, -0.25) is 5.43 Å². The summed E-state index contributed by atoms with van der Waals surface area (Å²) < 4.78 is 6.23. The molecule has 2 rings (SSSR count). The molecule has 0 heterocycles. The SMILES string of the molecule is COc1ccc(Br)cc1/C=N/Nc1cccc(Cl)c1. The van der Waals surface area contributed by atoms with Crippen LogP contribution in [-0.2, 0) is 0 Å². The van der Waals surface area contributed by atoms with Crippen molar-refractivity contribution in [2.24, 2.45) is 5.10 Å². The molecule has 2 aromatic rings. The summed E-state index contributed by atoms with van der Waals surface area (Å²) in [4.78, 5) is 0. The Labute approximate surface area is 125 Å². The lowest BCUT2D eigenvalue weighted by Crippen LogP contribution is -1.94. The predicted molar refractivity (Wildman–Crippen MR) is 83.4 cm³/mol. The Balaban J connectivity index is 2.12. The van der Waals surface area contributed by atoms with E-state index in [2.05, 4.69) is 26.5 Å². The number of hydrogen-bond donors (Lipinski definition) is 1. The maximum absolute atomic E-state index is 5.89. The molecule has 2 aromatic carbocycles. The van der Waals surface area contributed by atoms with Gasteiger partial charge in [0.2, 0.25) is 0 Å². The summed E-state index contributed by atoms with van der Waals surface area (Å²) in [6.45, 7) is 0. The average molecular weight is 340 g/mol.